The third kappa shape index (κ3) is 4.18. The molecule has 20 heavy (non-hydrogen) atoms. The molecule has 0 aliphatic carbocycles. The molecule has 0 aromatic heterocycles. The second-order valence-electron chi connectivity index (χ2n) is 6.78. The van der Waals surface area contributed by atoms with Crippen molar-refractivity contribution in [3.63, 3.8) is 0 Å². The first-order valence-corrected chi connectivity index (χ1v) is 8.58. The normalized spacial score (nSPS) is 30.1. The van der Waals surface area contributed by atoms with Crippen molar-refractivity contribution in [1.29, 1.82) is 0 Å². The number of piperidine rings is 2. The van der Waals surface area contributed by atoms with Crippen LogP contribution in [0.1, 0.15) is 70.6 Å². The van der Waals surface area contributed by atoms with Gasteiger partial charge in [0.2, 0.25) is 0 Å². The second-order valence-corrected chi connectivity index (χ2v) is 6.78. The molecule has 0 spiro atoms. The number of carbonyl (C=O) groups is 1. The lowest BCUT2D eigenvalue weighted by molar-refractivity contribution is -0.126. The average molecular weight is 277 g/mol. The molecule has 2 heterocycles. The molecule has 2 aliphatic rings. The minimum Gasteiger partial charge on any atom is -0.300 e. The van der Waals surface area contributed by atoms with Crippen LogP contribution in [0.25, 0.3) is 0 Å². The third-order valence-corrected chi connectivity index (χ3v) is 5.38. The molecule has 2 atom stereocenters. The molecule has 0 amide bonds. The molecule has 2 bridgehead atoms. The first-order chi connectivity index (χ1) is 9.72. The third-order valence-electron chi connectivity index (χ3n) is 5.38. The number of hydrogen-bond acceptors (Lipinski definition) is 2. The topological polar surface area (TPSA) is 20.3 Å². The standard InChI is InChI=1S/C18H31NO/c1-3-4-5-6-7-8-12-18(20)15-13-16-10-9-11-17(14-15)19(16)2/h3,15-17H,1,4-14H2,2H3. The summed E-state index contributed by atoms with van der Waals surface area (Å²) >= 11 is 0. The van der Waals surface area contributed by atoms with Gasteiger partial charge in [0, 0.05) is 24.4 Å². The maximum atomic E-state index is 12.4. The van der Waals surface area contributed by atoms with Gasteiger partial charge in [-0.3, -0.25) is 4.79 Å². The Bertz CT molecular complexity index is 311. The molecule has 0 saturated carbocycles. The van der Waals surface area contributed by atoms with E-state index in [1.165, 1.54) is 38.5 Å². The van der Waals surface area contributed by atoms with Crippen molar-refractivity contribution >= 4 is 5.78 Å². The van der Waals surface area contributed by atoms with Crippen molar-refractivity contribution in [3.8, 4) is 0 Å². The van der Waals surface area contributed by atoms with Gasteiger partial charge in [-0.15, -0.1) is 6.58 Å². The Morgan fingerprint density at radius 1 is 1.15 bits per heavy atom. The van der Waals surface area contributed by atoms with Crippen molar-refractivity contribution in [2.45, 2.75) is 82.7 Å². The van der Waals surface area contributed by atoms with Gasteiger partial charge in [-0.2, -0.15) is 0 Å². The zero-order valence-electron chi connectivity index (χ0n) is 13.2. The van der Waals surface area contributed by atoms with Gasteiger partial charge in [0.1, 0.15) is 5.78 Å². The van der Waals surface area contributed by atoms with Crippen LogP contribution < -0.4 is 0 Å². The van der Waals surface area contributed by atoms with Crippen LogP contribution in [-0.2, 0) is 4.79 Å². The van der Waals surface area contributed by atoms with Crippen molar-refractivity contribution in [2.24, 2.45) is 5.92 Å². The highest BCUT2D eigenvalue weighted by atomic mass is 16.1. The van der Waals surface area contributed by atoms with Gasteiger partial charge < -0.3 is 4.90 Å². The Morgan fingerprint density at radius 3 is 2.45 bits per heavy atom. The molecule has 0 radical (unpaired) electrons. The number of fused-ring (bicyclic) bond motifs is 2. The van der Waals surface area contributed by atoms with Crippen molar-refractivity contribution in [1.82, 2.24) is 4.90 Å². The van der Waals surface area contributed by atoms with Crippen LogP contribution in [0.2, 0.25) is 0 Å². The zero-order valence-corrected chi connectivity index (χ0v) is 13.2. The zero-order chi connectivity index (χ0) is 14.4. The number of rotatable bonds is 8. The summed E-state index contributed by atoms with van der Waals surface area (Å²) in [6.07, 6.45) is 14.9. The van der Waals surface area contributed by atoms with Gasteiger partial charge in [-0.25, -0.2) is 0 Å². The molecule has 2 nitrogen and oxygen atoms in total. The summed E-state index contributed by atoms with van der Waals surface area (Å²) in [7, 11) is 2.26. The van der Waals surface area contributed by atoms with E-state index in [2.05, 4.69) is 18.5 Å². The summed E-state index contributed by atoms with van der Waals surface area (Å²) in [5, 5.41) is 0. The van der Waals surface area contributed by atoms with E-state index in [1.807, 2.05) is 6.08 Å². The van der Waals surface area contributed by atoms with E-state index in [0.717, 1.165) is 32.1 Å². The van der Waals surface area contributed by atoms with Gasteiger partial charge in [0.25, 0.3) is 0 Å². The number of Topliss-reactive ketones (excluding diaryl/α,β-unsaturated/α-hetero) is 1. The first-order valence-electron chi connectivity index (χ1n) is 8.58. The summed E-state index contributed by atoms with van der Waals surface area (Å²) in [5.74, 6) is 0.924. The molecule has 0 N–H and O–H groups in total. The highest BCUT2D eigenvalue weighted by Gasteiger charge is 2.38. The number of unbranched alkanes of at least 4 members (excludes halogenated alkanes) is 4. The van der Waals surface area contributed by atoms with Crippen LogP contribution in [0.5, 0.6) is 0 Å². The molecular formula is C18H31NO. The van der Waals surface area contributed by atoms with E-state index in [4.69, 9.17) is 0 Å². The van der Waals surface area contributed by atoms with Gasteiger partial charge in [-0.1, -0.05) is 25.3 Å². The fourth-order valence-corrected chi connectivity index (χ4v) is 4.02. The van der Waals surface area contributed by atoms with Crippen molar-refractivity contribution in [3.05, 3.63) is 12.7 Å². The van der Waals surface area contributed by atoms with E-state index in [0.29, 0.717) is 23.8 Å². The van der Waals surface area contributed by atoms with E-state index in [9.17, 15) is 4.79 Å². The monoisotopic (exact) mass is 277 g/mol. The predicted molar refractivity (Wildman–Crippen MR) is 84.8 cm³/mol. The Morgan fingerprint density at radius 2 is 1.80 bits per heavy atom. The highest BCUT2D eigenvalue weighted by Crippen LogP contribution is 2.36. The lowest BCUT2D eigenvalue weighted by atomic mass is 9.76. The molecule has 2 saturated heterocycles. The van der Waals surface area contributed by atoms with Crippen LogP contribution >= 0.6 is 0 Å². The van der Waals surface area contributed by atoms with Crippen LogP contribution in [-0.4, -0.2) is 29.8 Å². The van der Waals surface area contributed by atoms with Crippen LogP contribution in [0.4, 0.5) is 0 Å². The molecule has 2 rings (SSSR count). The van der Waals surface area contributed by atoms with Gasteiger partial charge in [0.05, 0.1) is 0 Å². The quantitative estimate of drug-likeness (QED) is 0.486. The number of allylic oxidation sites excluding steroid dienone is 1. The Kier molecular flexibility index (Phi) is 6.28. The predicted octanol–water partition coefficient (Wildman–Crippen LogP) is 4.35. The van der Waals surface area contributed by atoms with Crippen LogP contribution in [0, 0.1) is 5.92 Å². The first kappa shape index (κ1) is 15.8. The summed E-state index contributed by atoms with van der Waals surface area (Å²) in [6, 6.07) is 1.37. The summed E-state index contributed by atoms with van der Waals surface area (Å²) < 4.78 is 0. The number of nitrogens with zero attached hydrogens (tertiary/aromatic N) is 1. The highest BCUT2D eigenvalue weighted by molar-refractivity contribution is 5.81. The molecule has 2 aliphatic heterocycles. The van der Waals surface area contributed by atoms with Gasteiger partial charge >= 0.3 is 0 Å². The summed E-state index contributed by atoms with van der Waals surface area (Å²) in [4.78, 5) is 14.9. The largest absolute Gasteiger partial charge is 0.300 e. The molecule has 2 heteroatoms. The minimum absolute atomic E-state index is 0.370. The Balaban J connectivity index is 1.67. The van der Waals surface area contributed by atoms with Crippen molar-refractivity contribution < 1.29 is 4.79 Å². The molecule has 2 unspecified atom stereocenters. The lowest BCUT2D eigenvalue weighted by Crippen LogP contribution is -2.51. The summed E-state index contributed by atoms with van der Waals surface area (Å²) in [6.45, 7) is 3.74. The Hall–Kier alpha value is -0.630. The Labute approximate surface area is 124 Å². The molecule has 0 aromatic rings. The molecule has 2 fully saturated rings. The maximum absolute atomic E-state index is 12.4. The SMILES string of the molecule is C=CCCCCCCC(=O)C1CC2CCCC(C1)N2C. The molecule has 0 aromatic carbocycles. The smallest absolute Gasteiger partial charge is 0.136 e. The van der Waals surface area contributed by atoms with Gasteiger partial charge in [0.15, 0.2) is 0 Å². The van der Waals surface area contributed by atoms with E-state index in [-0.39, 0.29) is 0 Å². The molecular weight excluding hydrogens is 246 g/mol. The van der Waals surface area contributed by atoms with Crippen LogP contribution in [0.3, 0.4) is 0 Å². The van der Waals surface area contributed by atoms with E-state index >= 15 is 0 Å². The summed E-state index contributed by atoms with van der Waals surface area (Å²) in [5.41, 5.74) is 0. The molecule has 114 valence electrons. The number of carbonyl (C=O) groups excluding carboxylic acids is 1. The fourth-order valence-electron chi connectivity index (χ4n) is 4.02. The van der Waals surface area contributed by atoms with Gasteiger partial charge in [-0.05, 0) is 52.0 Å². The average Bonchev–Trinajstić information content (AvgIpc) is 2.42. The van der Waals surface area contributed by atoms with Crippen molar-refractivity contribution in [2.75, 3.05) is 7.05 Å². The minimum atomic E-state index is 0.370. The van der Waals surface area contributed by atoms with E-state index < -0.39 is 0 Å². The second kappa shape index (κ2) is 7.97. The van der Waals surface area contributed by atoms with E-state index in [1.54, 1.807) is 0 Å². The number of hydrogen-bond donors (Lipinski definition) is 0. The lowest BCUT2D eigenvalue weighted by Gasteiger charge is -2.46. The fraction of sp³-hybridized carbons (Fsp3) is 0.833. The number of ketones is 1. The maximum Gasteiger partial charge on any atom is 0.136 e. The van der Waals surface area contributed by atoms with Crippen LogP contribution in [0.15, 0.2) is 12.7 Å².